The van der Waals surface area contributed by atoms with Gasteiger partial charge in [-0.3, -0.25) is 4.21 Å². The van der Waals surface area contributed by atoms with Crippen molar-refractivity contribution in [1.29, 1.82) is 0 Å². The first-order valence-electron chi connectivity index (χ1n) is 7.94. The molecule has 0 aromatic heterocycles. The van der Waals surface area contributed by atoms with Crippen LogP contribution in [0.5, 0.6) is 0 Å². The van der Waals surface area contributed by atoms with Crippen molar-refractivity contribution in [3.8, 4) is 0 Å². The molecule has 1 N–H and O–H groups in total. The molecule has 1 aromatic carbocycles. The minimum atomic E-state index is -0.667. The standard InChI is InChI=1S/C17H27NOS/c1-2-20(19)14-13-18-17(15-9-5-3-6-10-15)16-11-7-4-8-12-16/h3,5-6,9-10,16-18H,2,4,7-8,11-14H2,1H3. The Bertz CT molecular complexity index is 401. The van der Waals surface area contributed by atoms with E-state index in [4.69, 9.17) is 0 Å². The normalized spacial score (nSPS) is 19.6. The highest BCUT2D eigenvalue weighted by Crippen LogP contribution is 2.34. The van der Waals surface area contributed by atoms with Gasteiger partial charge in [0.05, 0.1) is 0 Å². The van der Waals surface area contributed by atoms with Gasteiger partial charge in [-0.1, -0.05) is 56.5 Å². The number of hydrogen-bond acceptors (Lipinski definition) is 2. The van der Waals surface area contributed by atoms with Gasteiger partial charge in [0.2, 0.25) is 0 Å². The Morgan fingerprint density at radius 1 is 1.20 bits per heavy atom. The van der Waals surface area contributed by atoms with Gasteiger partial charge in [-0.05, 0) is 24.3 Å². The van der Waals surface area contributed by atoms with Crippen LogP contribution >= 0.6 is 0 Å². The smallest absolute Gasteiger partial charge is 0.0360 e. The van der Waals surface area contributed by atoms with E-state index in [0.29, 0.717) is 6.04 Å². The summed E-state index contributed by atoms with van der Waals surface area (Å²) in [6.45, 7) is 2.85. The molecule has 112 valence electrons. The van der Waals surface area contributed by atoms with Crippen LogP contribution in [0.1, 0.15) is 50.6 Å². The Labute approximate surface area is 125 Å². The largest absolute Gasteiger partial charge is 0.309 e. The molecule has 2 nitrogen and oxygen atoms in total. The number of hydrogen-bond donors (Lipinski definition) is 1. The zero-order valence-corrected chi connectivity index (χ0v) is 13.3. The molecular weight excluding hydrogens is 266 g/mol. The Morgan fingerprint density at radius 2 is 1.90 bits per heavy atom. The minimum absolute atomic E-state index is 0.436. The van der Waals surface area contributed by atoms with Crippen LogP contribution in [0.25, 0.3) is 0 Å². The Balaban J connectivity index is 1.98. The second-order valence-corrected chi connectivity index (χ2v) is 7.54. The highest BCUT2D eigenvalue weighted by molar-refractivity contribution is 7.84. The van der Waals surface area contributed by atoms with Crippen molar-refractivity contribution in [2.75, 3.05) is 18.1 Å². The highest BCUT2D eigenvalue weighted by atomic mass is 32.2. The highest BCUT2D eigenvalue weighted by Gasteiger charge is 2.24. The summed E-state index contributed by atoms with van der Waals surface area (Å²) in [5.41, 5.74) is 1.39. The van der Waals surface area contributed by atoms with Crippen LogP contribution in [0.2, 0.25) is 0 Å². The minimum Gasteiger partial charge on any atom is -0.309 e. The molecule has 1 saturated carbocycles. The van der Waals surface area contributed by atoms with E-state index >= 15 is 0 Å². The lowest BCUT2D eigenvalue weighted by Gasteiger charge is -2.31. The van der Waals surface area contributed by atoms with Gasteiger partial charge in [0.25, 0.3) is 0 Å². The molecule has 0 radical (unpaired) electrons. The molecule has 0 aliphatic heterocycles. The van der Waals surface area contributed by atoms with E-state index < -0.39 is 10.8 Å². The molecule has 3 heteroatoms. The fourth-order valence-electron chi connectivity index (χ4n) is 3.16. The van der Waals surface area contributed by atoms with Gasteiger partial charge in [-0.15, -0.1) is 0 Å². The van der Waals surface area contributed by atoms with Crippen molar-refractivity contribution in [1.82, 2.24) is 5.32 Å². The van der Waals surface area contributed by atoms with E-state index in [0.717, 1.165) is 24.0 Å². The van der Waals surface area contributed by atoms with Crippen LogP contribution in [-0.4, -0.2) is 22.3 Å². The lowest BCUT2D eigenvalue weighted by Crippen LogP contribution is -2.32. The molecule has 1 aliphatic rings. The van der Waals surface area contributed by atoms with Gasteiger partial charge in [-0.2, -0.15) is 0 Å². The third kappa shape index (κ3) is 4.71. The first-order chi connectivity index (χ1) is 9.81. The fourth-order valence-corrected chi connectivity index (χ4v) is 3.79. The molecule has 1 aliphatic carbocycles. The zero-order chi connectivity index (χ0) is 14.2. The average molecular weight is 293 g/mol. The second kappa shape index (κ2) is 8.58. The Morgan fingerprint density at radius 3 is 2.55 bits per heavy atom. The summed E-state index contributed by atoms with van der Waals surface area (Å²) in [6, 6.07) is 11.2. The van der Waals surface area contributed by atoms with Gasteiger partial charge in [0.1, 0.15) is 0 Å². The van der Waals surface area contributed by atoms with E-state index in [1.807, 2.05) is 6.92 Å². The lowest BCUT2D eigenvalue weighted by molar-refractivity contribution is 0.275. The summed E-state index contributed by atoms with van der Waals surface area (Å²) in [5, 5.41) is 3.68. The number of rotatable bonds is 7. The van der Waals surface area contributed by atoms with Gasteiger partial charge in [0, 0.05) is 34.9 Å². The average Bonchev–Trinajstić information content (AvgIpc) is 2.53. The summed E-state index contributed by atoms with van der Waals surface area (Å²) in [6.07, 6.45) is 6.75. The van der Waals surface area contributed by atoms with Crippen molar-refractivity contribution >= 4 is 10.8 Å². The van der Waals surface area contributed by atoms with Gasteiger partial charge in [-0.25, -0.2) is 0 Å². The first kappa shape index (κ1) is 15.7. The number of nitrogens with one attached hydrogen (secondary N) is 1. The third-order valence-electron chi connectivity index (χ3n) is 4.30. The lowest BCUT2D eigenvalue weighted by atomic mass is 9.81. The zero-order valence-electron chi connectivity index (χ0n) is 12.5. The molecule has 0 spiro atoms. The molecule has 0 saturated heterocycles. The van der Waals surface area contributed by atoms with Gasteiger partial charge >= 0.3 is 0 Å². The summed E-state index contributed by atoms with van der Waals surface area (Å²) in [7, 11) is -0.667. The SMILES string of the molecule is CCS(=O)CCNC(c1ccccc1)C1CCCCC1. The summed E-state index contributed by atoms with van der Waals surface area (Å²) < 4.78 is 11.6. The van der Waals surface area contributed by atoms with Crippen LogP contribution in [0, 0.1) is 5.92 Å². The molecular formula is C17H27NOS. The van der Waals surface area contributed by atoms with Gasteiger partial charge in [0.15, 0.2) is 0 Å². The van der Waals surface area contributed by atoms with E-state index in [9.17, 15) is 4.21 Å². The maximum Gasteiger partial charge on any atom is 0.0360 e. The predicted octanol–water partition coefficient (Wildman–Crippen LogP) is 3.67. The maximum atomic E-state index is 11.6. The molecule has 0 heterocycles. The van der Waals surface area contributed by atoms with Crippen molar-refractivity contribution in [2.24, 2.45) is 5.92 Å². The third-order valence-corrected chi connectivity index (χ3v) is 5.60. The second-order valence-electron chi connectivity index (χ2n) is 5.67. The molecule has 20 heavy (non-hydrogen) atoms. The van der Waals surface area contributed by atoms with E-state index in [1.165, 1.54) is 37.7 Å². The molecule has 2 unspecified atom stereocenters. The van der Waals surface area contributed by atoms with Crippen molar-refractivity contribution in [2.45, 2.75) is 45.1 Å². The number of benzene rings is 1. The van der Waals surface area contributed by atoms with E-state index in [-0.39, 0.29) is 0 Å². The fraction of sp³-hybridized carbons (Fsp3) is 0.647. The summed E-state index contributed by atoms with van der Waals surface area (Å²) in [4.78, 5) is 0. The maximum absolute atomic E-state index is 11.6. The van der Waals surface area contributed by atoms with Crippen LogP contribution < -0.4 is 5.32 Å². The quantitative estimate of drug-likeness (QED) is 0.831. The molecule has 2 atom stereocenters. The van der Waals surface area contributed by atoms with Crippen LogP contribution in [0.3, 0.4) is 0 Å². The molecule has 1 aromatic rings. The Hall–Kier alpha value is -0.670. The van der Waals surface area contributed by atoms with E-state index in [2.05, 4.69) is 35.6 Å². The monoisotopic (exact) mass is 293 g/mol. The van der Waals surface area contributed by atoms with Crippen LogP contribution in [0.4, 0.5) is 0 Å². The predicted molar refractivity (Wildman–Crippen MR) is 87.3 cm³/mol. The van der Waals surface area contributed by atoms with Crippen LogP contribution in [0.15, 0.2) is 30.3 Å². The summed E-state index contributed by atoms with van der Waals surface area (Å²) in [5.74, 6) is 2.27. The molecule has 0 bridgehead atoms. The van der Waals surface area contributed by atoms with Crippen molar-refractivity contribution < 1.29 is 4.21 Å². The molecule has 1 fully saturated rings. The Kier molecular flexibility index (Phi) is 6.74. The molecule has 2 rings (SSSR count). The van der Waals surface area contributed by atoms with E-state index in [1.54, 1.807) is 0 Å². The van der Waals surface area contributed by atoms with Crippen LogP contribution in [-0.2, 0) is 10.8 Å². The van der Waals surface area contributed by atoms with Gasteiger partial charge < -0.3 is 5.32 Å². The topological polar surface area (TPSA) is 29.1 Å². The van der Waals surface area contributed by atoms with Crippen molar-refractivity contribution in [3.63, 3.8) is 0 Å². The summed E-state index contributed by atoms with van der Waals surface area (Å²) >= 11 is 0. The molecule has 0 amide bonds. The first-order valence-corrected chi connectivity index (χ1v) is 9.43. The van der Waals surface area contributed by atoms with Crippen molar-refractivity contribution in [3.05, 3.63) is 35.9 Å².